The fourth-order valence-electron chi connectivity index (χ4n) is 5.57. The van der Waals surface area contributed by atoms with E-state index in [2.05, 4.69) is 22.4 Å². The van der Waals surface area contributed by atoms with Crippen LogP contribution in [0.15, 0.2) is 24.4 Å². The minimum atomic E-state index is -3.46. The van der Waals surface area contributed by atoms with E-state index in [1.807, 2.05) is 33.0 Å². The van der Waals surface area contributed by atoms with E-state index in [1.54, 1.807) is 9.21 Å². The Kier molecular flexibility index (Phi) is 7.26. The predicted molar refractivity (Wildman–Crippen MR) is 134 cm³/mol. The molecule has 5 atom stereocenters. The van der Waals surface area contributed by atoms with Gasteiger partial charge in [0.25, 0.3) is 0 Å². The molecule has 2 saturated heterocycles. The molecule has 1 aromatic carbocycles. The number of fused-ring (bicyclic) bond motifs is 2. The van der Waals surface area contributed by atoms with Crippen LogP contribution >= 0.6 is 0 Å². The van der Waals surface area contributed by atoms with Crippen molar-refractivity contribution in [2.75, 3.05) is 33.1 Å². The zero-order valence-electron chi connectivity index (χ0n) is 21.1. The summed E-state index contributed by atoms with van der Waals surface area (Å²) in [5.41, 5.74) is 3.13. The number of benzene rings is 1. The van der Waals surface area contributed by atoms with Gasteiger partial charge in [-0.15, -0.1) is 0 Å². The smallest absolute Gasteiger partial charge is 0.247 e. The van der Waals surface area contributed by atoms with Crippen molar-refractivity contribution in [1.29, 1.82) is 0 Å². The zero-order chi connectivity index (χ0) is 25.5. The van der Waals surface area contributed by atoms with Crippen molar-refractivity contribution in [2.24, 2.45) is 5.92 Å². The van der Waals surface area contributed by atoms with Crippen molar-refractivity contribution >= 4 is 32.7 Å². The molecule has 0 spiro atoms. The molecule has 2 aromatic rings. The Bertz CT molecular complexity index is 1210. The number of amides is 2. The average molecular weight is 505 g/mol. The SMILES string of the molecule is CC[C@@H](C)C(=O)N[C@@H](COC)C(=O)N1CC[C@@H]2[C@H]1[C@@H](c1c[nH]c3cc(C)ccc13)CN2S(C)(=O)=O. The highest BCUT2D eigenvalue weighted by Crippen LogP contribution is 2.44. The summed E-state index contributed by atoms with van der Waals surface area (Å²) in [6.07, 6.45) is 4.39. The number of hydrogen-bond donors (Lipinski definition) is 2. The predicted octanol–water partition coefficient (Wildman–Crippen LogP) is 1.98. The summed E-state index contributed by atoms with van der Waals surface area (Å²) in [6.45, 7) is 6.57. The second-order valence-electron chi connectivity index (χ2n) is 9.94. The van der Waals surface area contributed by atoms with Gasteiger partial charge in [-0.05, 0) is 37.0 Å². The highest BCUT2D eigenvalue weighted by Gasteiger charge is 2.54. The van der Waals surface area contributed by atoms with E-state index >= 15 is 0 Å². The highest BCUT2D eigenvalue weighted by molar-refractivity contribution is 7.88. The second kappa shape index (κ2) is 9.91. The van der Waals surface area contributed by atoms with Crippen molar-refractivity contribution in [3.8, 4) is 0 Å². The Labute approximate surface area is 207 Å². The number of carbonyl (C=O) groups excluding carboxylic acids is 2. The molecule has 9 nitrogen and oxygen atoms in total. The van der Waals surface area contributed by atoms with Crippen molar-refractivity contribution < 1.29 is 22.7 Å². The van der Waals surface area contributed by atoms with Crippen LogP contribution < -0.4 is 5.32 Å². The lowest BCUT2D eigenvalue weighted by molar-refractivity contribution is -0.139. The van der Waals surface area contributed by atoms with Crippen molar-refractivity contribution in [1.82, 2.24) is 19.5 Å². The van der Waals surface area contributed by atoms with E-state index in [4.69, 9.17) is 4.74 Å². The lowest BCUT2D eigenvalue weighted by Crippen LogP contribution is -2.54. The third kappa shape index (κ3) is 4.83. The number of carbonyl (C=O) groups is 2. The number of nitrogens with one attached hydrogen (secondary N) is 2. The normalized spacial score (nSPS) is 24.5. The van der Waals surface area contributed by atoms with Crippen LogP contribution in [0, 0.1) is 12.8 Å². The van der Waals surface area contributed by atoms with Crippen LogP contribution in [0.3, 0.4) is 0 Å². The first-order valence-electron chi connectivity index (χ1n) is 12.2. The Balaban J connectivity index is 1.70. The lowest BCUT2D eigenvalue weighted by atomic mass is 9.91. The first-order chi connectivity index (χ1) is 16.6. The molecule has 0 unspecified atom stereocenters. The molecule has 0 bridgehead atoms. The number of H-pyrrole nitrogens is 1. The highest BCUT2D eigenvalue weighted by atomic mass is 32.2. The van der Waals surface area contributed by atoms with Gasteiger partial charge >= 0.3 is 0 Å². The molecule has 0 aliphatic carbocycles. The molecule has 35 heavy (non-hydrogen) atoms. The molecule has 10 heteroatoms. The summed E-state index contributed by atoms with van der Waals surface area (Å²) < 4.78 is 32.2. The van der Waals surface area contributed by atoms with E-state index in [-0.39, 0.29) is 42.3 Å². The molecular weight excluding hydrogens is 468 g/mol. The maximum absolute atomic E-state index is 13.8. The quantitative estimate of drug-likeness (QED) is 0.571. The molecule has 0 radical (unpaired) electrons. The second-order valence-corrected chi connectivity index (χ2v) is 11.9. The monoisotopic (exact) mass is 504 g/mol. The first-order valence-corrected chi connectivity index (χ1v) is 14.1. The molecule has 4 rings (SSSR count). The topological polar surface area (TPSA) is 112 Å². The Morgan fingerprint density at radius 1 is 1.31 bits per heavy atom. The van der Waals surface area contributed by atoms with Gasteiger partial charge in [-0.2, -0.15) is 4.31 Å². The summed E-state index contributed by atoms with van der Waals surface area (Å²) >= 11 is 0. The number of likely N-dealkylation sites (tertiary alicyclic amines) is 1. The van der Waals surface area contributed by atoms with Crippen LogP contribution in [0.2, 0.25) is 0 Å². The molecule has 2 N–H and O–H groups in total. The van der Waals surface area contributed by atoms with Crippen molar-refractivity contribution in [2.45, 2.75) is 57.7 Å². The molecule has 2 aliphatic heterocycles. The van der Waals surface area contributed by atoms with Crippen LogP contribution in [0.25, 0.3) is 10.9 Å². The number of sulfonamides is 1. The molecular formula is C25H36N4O5S. The maximum atomic E-state index is 13.8. The number of aromatic nitrogens is 1. The van der Waals surface area contributed by atoms with Crippen LogP contribution in [0.4, 0.5) is 0 Å². The Morgan fingerprint density at radius 3 is 2.71 bits per heavy atom. The van der Waals surface area contributed by atoms with Gasteiger partial charge in [0.15, 0.2) is 0 Å². The van der Waals surface area contributed by atoms with Gasteiger partial charge < -0.3 is 19.9 Å². The number of methoxy groups -OCH3 is 1. The standard InChI is InChI=1S/C25H36N4O5S/c1-6-16(3)24(30)27-21(14-34-4)25(31)28-10-9-22-23(28)19(13-29(22)35(5,32)33)18-12-26-20-11-15(2)7-8-17(18)20/h7-8,11-12,16,19,21-23,26H,6,9-10,13-14H2,1-5H3,(H,27,30)/t16-,19-,21+,22-,23-/m1/s1. The molecule has 2 aliphatic rings. The third-order valence-corrected chi connectivity index (χ3v) is 8.84. The number of nitrogens with zero attached hydrogens (tertiary/aromatic N) is 2. The average Bonchev–Trinajstić information content (AvgIpc) is 3.50. The fraction of sp³-hybridized carbons (Fsp3) is 0.600. The van der Waals surface area contributed by atoms with Gasteiger partial charge in [-0.3, -0.25) is 9.59 Å². The number of aromatic amines is 1. The summed E-state index contributed by atoms with van der Waals surface area (Å²) in [5.74, 6) is -0.826. The van der Waals surface area contributed by atoms with Gasteiger partial charge in [-0.25, -0.2) is 8.42 Å². The van der Waals surface area contributed by atoms with Crippen LogP contribution in [-0.2, 0) is 24.3 Å². The number of rotatable bonds is 8. The molecule has 1 aromatic heterocycles. The van der Waals surface area contributed by atoms with E-state index < -0.39 is 16.1 Å². The van der Waals surface area contributed by atoms with Crippen LogP contribution in [0.5, 0.6) is 0 Å². The fourth-order valence-corrected chi connectivity index (χ4v) is 6.72. The van der Waals surface area contributed by atoms with Gasteiger partial charge in [0.05, 0.1) is 18.9 Å². The molecule has 2 amide bonds. The summed E-state index contributed by atoms with van der Waals surface area (Å²) in [6, 6.07) is 4.71. The maximum Gasteiger partial charge on any atom is 0.247 e. The zero-order valence-corrected chi connectivity index (χ0v) is 21.9. The van der Waals surface area contributed by atoms with Gasteiger partial charge in [-0.1, -0.05) is 26.0 Å². The van der Waals surface area contributed by atoms with Crippen molar-refractivity contribution in [3.05, 3.63) is 35.5 Å². The Hall–Kier alpha value is -2.43. The van der Waals surface area contributed by atoms with Crippen LogP contribution in [0.1, 0.15) is 43.7 Å². The minimum absolute atomic E-state index is 0.0573. The molecule has 0 saturated carbocycles. The first kappa shape index (κ1) is 25.7. The Morgan fingerprint density at radius 2 is 2.06 bits per heavy atom. The van der Waals surface area contributed by atoms with Gasteiger partial charge in [0.1, 0.15) is 6.04 Å². The van der Waals surface area contributed by atoms with Gasteiger partial charge in [0, 0.05) is 55.2 Å². The number of aryl methyl sites for hydroxylation is 1. The number of ether oxygens (including phenoxy) is 1. The van der Waals surface area contributed by atoms with E-state index in [0.29, 0.717) is 25.9 Å². The molecule has 2 fully saturated rings. The van der Waals surface area contributed by atoms with Gasteiger partial charge in [0.2, 0.25) is 21.8 Å². The summed E-state index contributed by atoms with van der Waals surface area (Å²) in [4.78, 5) is 31.4. The van der Waals surface area contributed by atoms with Crippen molar-refractivity contribution in [3.63, 3.8) is 0 Å². The van der Waals surface area contributed by atoms with E-state index in [9.17, 15) is 18.0 Å². The number of hydrogen-bond acceptors (Lipinski definition) is 5. The van der Waals surface area contributed by atoms with E-state index in [1.165, 1.54) is 13.4 Å². The molecule has 192 valence electrons. The third-order valence-electron chi connectivity index (χ3n) is 7.56. The largest absolute Gasteiger partial charge is 0.382 e. The molecule has 3 heterocycles. The lowest BCUT2D eigenvalue weighted by Gasteiger charge is -2.32. The summed E-state index contributed by atoms with van der Waals surface area (Å²) in [5, 5.41) is 3.89. The minimum Gasteiger partial charge on any atom is -0.382 e. The van der Waals surface area contributed by atoms with E-state index in [0.717, 1.165) is 22.0 Å². The summed E-state index contributed by atoms with van der Waals surface area (Å²) in [7, 11) is -1.96. The van der Waals surface area contributed by atoms with Crippen LogP contribution in [-0.4, -0.2) is 85.6 Å².